The molecule has 3 nitrogen and oxygen atoms in total. The summed E-state index contributed by atoms with van der Waals surface area (Å²) in [5.41, 5.74) is 0.829. The van der Waals surface area contributed by atoms with Crippen molar-refractivity contribution in [2.75, 3.05) is 13.2 Å². The Hall–Kier alpha value is -1.74. The fraction of sp³-hybridized carbons (Fsp3) is 0.286. The topological polar surface area (TPSA) is 42.0 Å². The third-order valence-corrected chi connectivity index (χ3v) is 3.00. The lowest BCUT2D eigenvalue weighted by Crippen LogP contribution is -2.04. The first-order valence-corrected chi connectivity index (χ1v) is 5.71. The van der Waals surface area contributed by atoms with Gasteiger partial charge < -0.3 is 14.6 Å². The van der Waals surface area contributed by atoms with Crippen LogP contribution in [0.15, 0.2) is 30.3 Å². The summed E-state index contributed by atoms with van der Waals surface area (Å²) in [6.45, 7) is 3.24. The molecule has 1 unspecified atom stereocenters. The Bertz CT molecular complexity index is 559. The van der Waals surface area contributed by atoms with Crippen LogP contribution in [0, 0.1) is 6.92 Å². The van der Waals surface area contributed by atoms with E-state index in [4.69, 9.17) is 9.47 Å². The number of phenolic OH excluding ortho intramolecular Hbond substituents is 1. The number of benzene rings is 2. The number of rotatable bonds is 3. The van der Waals surface area contributed by atoms with Crippen LogP contribution in [0.3, 0.4) is 0 Å². The van der Waals surface area contributed by atoms with Gasteiger partial charge in [0.25, 0.3) is 0 Å². The normalized spacial score (nSPS) is 18.3. The van der Waals surface area contributed by atoms with E-state index in [2.05, 4.69) is 0 Å². The van der Waals surface area contributed by atoms with E-state index in [0.29, 0.717) is 12.4 Å². The predicted molar refractivity (Wildman–Crippen MR) is 65.6 cm³/mol. The van der Waals surface area contributed by atoms with Crippen molar-refractivity contribution in [2.24, 2.45) is 0 Å². The highest BCUT2D eigenvalue weighted by Crippen LogP contribution is 2.35. The van der Waals surface area contributed by atoms with Gasteiger partial charge in [0, 0.05) is 10.8 Å². The van der Waals surface area contributed by atoms with E-state index < -0.39 is 0 Å². The molecule has 1 N–H and O–H groups in total. The van der Waals surface area contributed by atoms with Gasteiger partial charge in [-0.2, -0.15) is 0 Å². The second-order valence-electron chi connectivity index (χ2n) is 4.35. The van der Waals surface area contributed by atoms with Gasteiger partial charge in [0.05, 0.1) is 6.61 Å². The van der Waals surface area contributed by atoms with E-state index in [9.17, 15) is 5.11 Å². The molecular formula is C14H14O3. The Balaban J connectivity index is 2.05. The first kappa shape index (κ1) is 10.4. The van der Waals surface area contributed by atoms with Crippen molar-refractivity contribution in [1.29, 1.82) is 0 Å². The molecule has 1 aliphatic rings. The van der Waals surface area contributed by atoms with Gasteiger partial charge >= 0.3 is 0 Å². The lowest BCUT2D eigenvalue weighted by atomic mass is 10.1. The molecule has 88 valence electrons. The Labute approximate surface area is 99.6 Å². The Morgan fingerprint density at radius 2 is 2.06 bits per heavy atom. The van der Waals surface area contributed by atoms with Crippen LogP contribution in [-0.4, -0.2) is 24.4 Å². The summed E-state index contributed by atoms with van der Waals surface area (Å²) < 4.78 is 10.9. The first-order chi connectivity index (χ1) is 8.25. The van der Waals surface area contributed by atoms with Crippen LogP contribution < -0.4 is 4.74 Å². The van der Waals surface area contributed by atoms with Crippen molar-refractivity contribution in [1.82, 2.24) is 0 Å². The van der Waals surface area contributed by atoms with Crippen molar-refractivity contribution >= 4 is 10.8 Å². The summed E-state index contributed by atoms with van der Waals surface area (Å²) in [6.07, 6.45) is 0.239. The summed E-state index contributed by atoms with van der Waals surface area (Å²) in [5, 5.41) is 11.8. The summed E-state index contributed by atoms with van der Waals surface area (Å²) in [4.78, 5) is 0. The van der Waals surface area contributed by atoms with Crippen LogP contribution in [0.5, 0.6) is 11.5 Å². The van der Waals surface area contributed by atoms with Crippen LogP contribution in [-0.2, 0) is 4.74 Å². The van der Waals surface area contributed by atoms with Gasteiger partial charge in [0.1, 0.15) is 24.2 Å². The highest BCUT2D eigenvalue weighted by Gasteiger charge is 2.23. The molecular weight excluding hydrogens is 216 g/mol. The Morgan fingerprint density at radius 3 is 2.76 bits per heavy atom. The lowest BCUT2D eigenvalue weighted by molar-refractivity contribution is 0.265. The average Bonchev–Trinajstić information content (AvgIpc) is 3.16. The molecule has 1 saturated heterocycles. The van der Waals surface area contributed by atoms with Crippen molar-refractivity contribution in [3.05, 3.63) is 35.9 Å². The van der Waals surface area contributed by atoms with E-state index in [0.717, 1.165) is 28.7 Å². The smallest absolute Gasteiger partial charge is 0.127 e. The van der Waals surface area contributed by atoms with E-state index in [-0.39, 0.29) is 6.10 Å². The number of ether oxygens (including phenoxy) is 2. The first-order valence-electron chi connectivity index (χ1n) is 5.71. The van der Waals surface area contributed by atoms with E-state index in [1.807, 2.05) is 37.3 Å². The number of epoxide rings is 1. The standard InChI is InChI=1S/C14H14O3/c1-9-6-13(17-8-10-7-16-10)11-4-2-3-5-12(11)14(9)15/h2-6,10,15H,7-8H2,1H3. The zero-order valence-corrected chi connectivity index (χ0v) is 9.64. The van der Waals surface area contributed by atoms with E-state index in [1.54, 1.807) is 0 Å². The van der Waals surface area contributed by atoms with E-state index >= 15 is 0 Å². The van der Waals surface area contributed by atoms with Gasteiger partial charge in [-0.3, -0.25) is 0 Å². The Kier molecular flexibility index (Phi) is 2.41. The molecule has 3 heteroatoms. The average molecular weight is 230 g/mol. The van der Waals surface area contributed by atoms with E-state index in [1.165, 1.54) is 0 Å². The quantitative estimate of drug-likeness (QED) is 0.824. The number of hydrogen-bond donors (Lipinski definition) is 1. The molecule has 0 aromatic heterocycles. The molecule has 0 spiro atoms. The largest absolute Gasteiger partial charge is 0.507 e. The number of aryl methyl sites for hydroxylation is 1. The molecule has 0 aliphatic carbocycles. The molecule has 0 radical (unpaired) electrons. The lowest BCUT2D eigenvalue weighted by Gasteiger charge is -2.11. The van der Waals surface area contributed by atoms with Crippen LogP contribution in [0.25, 0.3) is 10.8 Å². The SMILES string of the molecule is Cc1cc(OCC2CO2)c2ccccc2c1O. The third kappa shape index (κ3) is 1.94. The Morgan fingerprint density at radius 1 is 1.35 bits per heavy atom. The fourth-order valence-corrected chi connectivity index (χ4v) is 1.93. The minimum Gasteiger partial charge on any atom is -0.507 e. The molecule has 0 saturated carbocycles. The van der Waals surface area contributed by atoms with Gasteiger partial charge in [-0.25, -0.2) is 0 Å². The molecule has 2 aromatic rings. The zero-order valence-electron chi connectivity index (χ0n) is 9.64. The summed E-state index contributed by atoms with van der Waals surface area (Å²) in [6, 6.07) is 9.59. The van der Waals surface area contributed by atoms with Crippen LogP contribution in [0.4, 0.5) is 0 Å². The van der Waals surface area contributed by atoms with Crippen molar-refractivity contribution in [3.63, 3.8) is 0 Å². The minimum absolute atomic E-state index is 0.239. The van der Waals surface area contributed by atoms with Crippen molar-refractivity contribution < 1.29 is 14.6 Å². The van der Waals surface area contributed by atoms with Gasteiger partial charge in [-0.05, 0) is 18.6 Å². The molecule has 1 fully saturated rings. The van der Waals surface area contributed by atoms with Gasteiger partial charge in [0.2, 0.25) is 0 Å². The molecule has 3 rings (SSSR count). The molecule has 1 aliphatic heterocycles. The van der Waals surface area contributed by atoms with Gasteiger partial charge in [0.15, 0.2) is 0 Å². The highest BCUT2D eigenvalue weighted by atomic mass is 16.6. The maximum atomic E-state index is 9.99. The zero-order chi connectivity index (χ0) is 11.8. The number of fused-ring (bicyclic) bond motifs is 1. The van der Waals surface area contributed by atoms with Gasteiger partial charge in [-0.1, -0.05) is 24.3 Å². The second kappa shape index (κ2) is 3.93. The fourth-order valence-electron chi connectivity index (χ4n) is 1.93. The number of aromatic hydroxyl groups is 1. The van der Waals surface area contributed by atoms with Crippen LogP contribution >= 0.6 is 0 Å². The molecule has 0 amide bonds. The third-order valence-electron chi connectivity index (χ3n) is 3.00. The number of phenols is 1. The van der Waals surface area contributed by atoms with Crippen molar-refractivity contribution in [3.8, 4) is 11.5 Å². The highest BCUT2D eigenvalue weighted by molar-refractivity contribution is 5.94. The number of hydrogen-bond acceptors (Lipinski definition) is 3. The monoisotopic (exact) mass is 230 g/mol. The molecule has 17 heavy (non-hydrogen) atoms. The predicted octanol–water partition coefficient (Wildman–Crippen LogP) is 2.63. The van der Waals surface area contributed by atoms with Gasteiger partial charge in [-0.15, -0.1) is 0 Å². The second-order valence-corrected chi connectivity index (χ2v) is 4.35. The minimum atomic E-state index is 0.239. The van der Waals surface area contributed by atoms with Crippen LogP contribution in [0.2, 0.25) is 0 Å². The maximum absolute atomic E-state index is 9.99. The summed E-state index contributed by atoms with van der Waals surface area (Å²) >= 11 is 0. The summed E-state index contributed by atoms with van der Waals surface area (Å²) in [7, 11) is 0. The summed E-state index contributed by atoms with van der Waals surface area (Å²) in [5.74, 6) is 1.14. The molecule has 1 heterocycles. The molecule has 0 bridgehead atoms. The van der Waals surface area contributed by atoms with Crippen LogP contribution in [0.1, 0.15) is 5.56 Å². The molecule has 2 aromatic carbocycles. The molecule has 1 atom stereocenters. The maximum Gasteiger partial charge on any atom is 0.127 e. The van der Waals surface area contributed by atoms with Crippen molar-refractivity contribution in [2.45, 2.75) is 13.0 Å².